The van der Waals surface area contributed by atoms with Gasteiger partial charge in [-0.15, -0.1) is 11.3 Å². The second-order valence-electron chi connectivity index (χ2n) is 6.21. The average molecular weight is 537 g/mol. The Labute approximate surface area is 200 Å². The average Bonchev–Trinajstić information content (AvgIpc) is 3.15. The molecule has 0 aliphatic rings. The predicted octanol–water partition coefficient (Wildman–Crippen LogP) is 7.16. The van der Waals surface area contributed by atoms with Crippen molar-refractivity contribution in [2.45, 2.75) is 0 Å². The van der Waals surface area contributed by atoms with Crippen LogP contribution in [0.15, 0.2) is 65.1 Å². The highest BCUT2D eigenvalue weighted by Crippen LogP contribution is 2.36. The highest BCUT2D eigenvalue weighted by atomic mass is 79.9. The number of hydrogen-bond donors (Lipinski definition) is 2. The predicted molar refractivity (Wildman–Crippen MR) is 133 cm³/mol. The van der Waals surface area contributed by atoms with E-state index in [0.717, 1.165) is 25.3 Å². The molecule has 0 saturated heterocycles. The van der Waals surface area contributed by atoms with E-state index in [1.807, 2.05) is 30.3 Å². The van der Waals surface area contributed by atoms with Crippen molar-refractivity contribution >= 4 is 89.6 Å². The molecule has 1 heterocycles. The van der Waals surface area contributed by atoms with Crippen molar-refractivity contribution in [2.75, 3.05) is 5.32 Å². The molecule has 0 radical (unpaired) electrons. The standard InChI is InChI=1S/C21H12BrCl2N3OS2/c22-11-5-7-15(24)13(9-11)19(28)27-21(29)26-16-8-6-12(23)10-14(16)20-25-17-3-1-2-4-18(17)30-20/h1-10H,(H2,26,27,28,29). The summed E-state index contributed by atoms with van der Waals surface area (Å²) in [6.07, 6.45) is 0. The molecule has 3 aromatic carbocycles. The summed E-state index contributed by atoms with van der Waals surface area (Å²) in [6.45, 7) is 0. The quantitative estimate of drug-likeness (QED) is 0.273. The second-order valence-corrected chi connectivity index (χ2v) is 9.41. The maximum atomic E-state index is 12.6. The van der Waals surface area contributed by atoms with Crippen molar-refractivity contribution in [1.82, 2.24) is 10.3 Å². The minimum Gasteiger partial charge on any atom is -0.332 e. The molecule has 1 aromatic heterocycles. The number of amides is 1. The van der Waals surface area contributed by atoms with Gasteiger partial charge in [0.2, 0.25) is 0 Å². The summed E-state index contributed by atoms with van der Waals surface area (Å²) in [6, 6.07) is 18.3. The molecule has 0 unspecified atom stereocenters. The van der Waals surface area contributed by atoms with Crippen LogP contribution in [0.1, 0.15) is 10.4 Å². The van der Waals surface area contributed by atoms with E-state index in [1.165, 1.54) is 0 Å². The van der Waals surface area contributed by atoms with Crippen LogP contribution in [0.5, 0.6) is 0 Å². The fraction of sp³-hybridized carbons (Fsp3) is 0. The summed E-state index contributed by atoms with van der Waals surface area (Å²) in [5.41, 5.74) is 2.70. The van der Waals surface area contributed by atoms with E-state index in [-0.39, 0.29) is 5.11 Å². The number of nitrogens with one attached hydrogen (secondary N) is 2. The number of carbonyl (C=O) groups is 1. The third kappa shape index (κ3) is 4.66. The Kier molecular flexibility index (Phi) is 6.36. The number of nitrogens with zero attached hydrogens (tertiary/aromatic N) is 1. The minimum atomic E-state index is -0.408. The smallest absolute Gasteiger partial charge is 0.258 e. The Morgan fingerprint density at radius 1 is 1.07 bits per heavy atom. The molecule has 30 heavy (non-hydrogen) atoms. The van der Waals surface area contributed by atoms with Gasteiger partial charge < -0.3 is 5.32 Å². The first-order valence-electron chi connectivity index (χ1n) is 8.63. The van der Waals surface area contributed by atoms with E-state index < -0.39 is 5.91 Å². The van der Waals surface area contributed by atoms with Gasteiger partial charge in [0.25, 0.3) is 5.91 Å². The van der Waals surface area contributed by atoms with E-state index in [0.29, 0.717) is 21.3 Å². The SMILES string of the molecule is O=C(NC(=S)Nc1ccc(Cl)cc1-c1nc2ccccc2s1)c1cc(Br)ccc1Cl. The van der Waals surface area contributed by atoms with Crippen LogP contribution in [0.2, 0.25) is 10.0 Å². The number of halogens is 3. The third-order valence-corrected chi connectivity index (χ3v) is 6.49. The number of rotatable bonds is 3. The first kappa shape index (κ1) is 21.2. The molecule has 9 heteroatoms. The van der Waals surface area contributed by atoms with Crippen molar-refractivity contribution in [2.24, 2.45) is 0 Å². The largest absolute Gasteiger partial charge is 0.332 e. The van der Waals surface area contributed by atoms with Gasteiger partial charge in [-0.1, -0.05) is 51.3 Å². The topological polar surface area (TPSA) is 54.0 Å². The van der Waals surface area contributed by atoms with Gasteiger partial charge in [0, 0.05) is 15.1 Å². The number of hydrogen-bond acceptors (Lipinski definition) is 4. The number of benzene rings is 3. The number of thiazole rings is 1. The molecule has 4 nitrogen and oxygen atoms in total. The van der Waals surface area contributed by atoms with E-state index in [9.17, 15) is 4.79 Å². The Bertz CT molecular complexity index is 1260. The molecule has 4 rings (SSSR count). The summed E-state index contributed by atoms with van der Waals surface area (Å²) in [4.78, 5) is 17.3. The highest BCUT2D eigenvalue weighted by molar-refractivity contribution is 9.10. The Hall–Kier alpha value is -2.03. The maximum absolute atomic E-state index is 12.6. The van der Waals surface area contributed by atoms with Crippen LogP contribution in [0.4, 0.5) is 5.69 Å². The monoisotopic (exact) mass is 535 g/mol. The zero-order valence-electron chi connectivity index (χ0n) is 15.1. The zero-order valence-corrected chi connectivity index (χ0v) is 19.8. The number of para-hydroxylation sites is 1. The molecular formula is C21H12BrCl2N3OS2. The van der Waals surface area contributed by atoms with Gasteiger partial charge >= 0.3 is 0 Å². The lowest BCUT2D eigenvalue weighted by Gasteiger charge is -2.13. The molecule has 0 saturated carbocycles. The molecular weight excluding hydrogens is 525 g/mol. The second kappa shape index (κ2) is 8.99. The highest BCUT2D eigenvalue weighted by Gasteiger charge is 2.15. The molecule has 150 valence electrons. The van der Waals surface area contributed by atoms with Gasteiger partial charge in [-0.05, 0) is 60.7 Å². The van der Waals surface area contributed by atoms with Crippen LogP contribution in [-0.4, -0.2) is 16.0 Å². The molecule has 2 N–H and O–H groups in total. The van der Waals surface area contributed by atoms with Gasteiger partial charge in [0.15, 0.2) is 5.11 Å². The molecule has 4 aromatic rings. The Balaban J connectivity index is 1.59. The lowest BCUT2D eigenvalue weighted by molar-refractivity contribution is 0.0978. The van der Waals surface area contributed by atoms with Crippen LogP contribution < -0.4 is 10.6 Å². The van der Waals surface area contributed by atoms with Crippen molar-refractivity contribution < 1.29 is 4.79 Å². The first-order chi connectivity index (χ1) is 14.4. The van der Waals surface area contributed by atoms with Crippen LogP contribution in [-0.2, 0) is 0 Å². The fourth-order valence-corrected chi connectivity index (χ4v) is 4.72. The number of thiocarbonyl (C=S) groups is 1. The van der Waals surface area contributed by atoms with Crippen LogP contribution in [0, 0.1) is 0 Å². The molecule has 0 fully saturated rings. The van der Waals surface area contributed by atoms with Crippen molar-refractivity contribution in [3.63, 3.8) is 0 Å². The fourth-order valence-electron chi connectivity index (χ4n) is 2.79. The minimum absolute atomic E-state index is 0.140. The Morgan fingerprint density at radius 2 is 1.87 bits per heavy atom. The molecule has 0 aliphatic carbocycles. The van der Waals surface area contributed by atoms with Gasteiger partial charge in [-0.3, -0.25) is 10.1 Å². The molecule has 0 spiro atoms. The van der Waals surface area contributed by atoms with E-state index in [1.54, 1.807) is 41.7 Å². The van der Waals surface area contributed by atoms with E-state index in [2.05, 4.69) is 31.5 Å². The summed E-state index contributed by atoms with van der Waals surface area (Å²) in [7, 11) is 0. The van der Waals surface area contributed by atoms with E-state index >= 15 is 0 Å². The van der Waals surface area contributed by atoms with Gasteiger partial charge in [0.1, 0.15) is 5.01 Å². The summed E-state index contributed by atoms with van der Waals surface area (Å²) >= 11 is 22.6. The van der Waals surface area contributed by atoms with Crippen molar-refractivity contribution in [3.8, 4) is 10.6 Å². The number of carbonyl (C=O) groups excluding carboxylic acids is 1. The van der Waals surface area contributed by atoms with Gasteiger partial charge in [0.05, 0.1) is 26.5 Å². The first-order valence-corrected chi connectivity index (χ1v) is 11.4. The van der Waals surface area contributed by atoms with Crippen LogP contribution in [0.25, 0.3) is 20.8 Å². The van der Waals surface area contributed by atoms with Crippen LogP contribution in [0.3, 0.4) is 0 Å². The number of fused-ring (bicyclic) bond motifs is 1. The van der Waals surface area contributed by atoms with Crippen LogP contribution >= 0.6 is 62.7 Å². The lowest BCUT2D eigenvalue weighted by atomic mass is 10.2. The molecule has 0 atom stereocenters. The molecule has 0 bridgehead atoms. The number of anilines is 1. The summed E-state index contributed by atoms with van der Waals surface area (Å²) < 4.78 is 1.81. The van der Waals surface area contributed by atoms with Crippen molar-refractivity contribution in [1.29, 1.82) is 0 Å². The van der Waals surface area contributed by atoms with Gasteiger partial charge in [-0.25, -0.2) is 4.98 Å². The maximum Gasteiger partial charge on any atom is 0.258 e. The zero-order chi connectivity index (χ0) is 21.3. The lowest BCUT2D eigenvalue weighted by Crippen LogP contribution is -2.34. The van der Waals surface area contributed by atoms with E-state index in [4.69, 9.17) is 35.4 Å². The number of aromatic nitrogens is 1. The summed E-state index contributed by atoms with van der Waals surface area (Å²) in [5, 5.41) is 7.57. The van der Waals surface area contributed by atoms with Crippen molar-refractivity contribution in [3.05, 3.63) is 80.7 Å². The van der Waals surface area contributed by atoms with Gasteiger partial charge in [-0.2, -0.15) is 0 Å². The molecule has 1 amide bonds. The molecule has 0 aliphatic heterocycles. The normalized spacial score (nSPS) is 10.8. The Morgan fingerprint density at radius 3 is 2.67 bits per heavy atom. The summed E-state index contributed by atoms with van der Waals surface area (Å²) in [5.74, 6) is -0.408. The third-order valence-electron chi connectivity index (χ3n) is 4.15.